The van der Waals surface area contributed by atoms with E-state index in [1.165, 1.54) is 53.6 Å². The minimum Gasteiger partial charge on any atom is -0.261 e. The van der Waals surface area contributed by atoms with Crippen molar-refractivity contribution < 1.29 is 0 Å². The second kappa shape index (κ2) is 5.37. The molecule has 5 heteroatoms. The van der Waals surface area contributed by atoms with Crippen molar-refractivity contribution >= 4 is 33.1 Å². The van der Waals surface area contributed by atoms with Crippen LogP contribution in [0.1, 0.15) is 49.5 Å². The van der Waals surface area contributed by atoms with Crippen molar-refractivity contribution in [3.8, 4) is 0 Å². The highest BCUT2D eigenvalue weighted by Gasteiger charge is 2.21. The van der Waals surface area contributed by atoms with Crippen LogP contribution in [0.4, 0.5) is 5.82 Å². The number of hydrogen-bond donors (Lipinski definition) is 1. The topological polar surface area (TPSA) is 50.2 Å². The maximum Gasteiger partial charge on any atom is 0.158 e. The van der Waals surface area contributed by atoms with E-state index in [1.807, 2.05) is 11.3 Å². The first-order valence-corrected chi connectivity index (χ1v) is 8.72. The molecule has 21 heavy (non-hydrogen) atoms. The second-order valence-electron chi connectivity index (χ2n) is 6.12. The van der Waals surface area contributed by atoms with Gasteiger partial charge in [0.1, 0.15) is 11.2 Å². The van der Waals surface area contributed by atoms with Crippen LogP contribution < -0.4 is 5.43 Å². The molecule has 4 nitrogen and oxygen atoms in total. The minimum absolute atomic E-state index is 0.594. The van der Waals surface area contributed by atoms with Gasteiger partial charge in [0, 0.05) is 10.6 Å². The largest absolute Gasteiger partial charge is 0.261 e. The van der Waals surface area contributed by atoms with E-state index in [9.17, 15) is 0 Å². The highest BCUT2D eigenvalue weighted by atomic mass is 32.1. The first kappa shape index (κ1) is 13.2. The van der Waals surface area contributed by atoms with E-state index in [0.717, 1.165) is 23.5 Å². The van der Waals surface area contributed by atoms with Crippen molar-refractivity contribution in [2.45, 2.75) is 51.9 Å². The van der Waals surface area contributed by atoms with Gasteiger partial charge in [-0.05, 0) is 50.0 Å². The summed E-state index contributed by atoms with van der Waals surface area (Å²) >= 11 is 1.82. The van der Waals surface area contributed by atoms with Crippen molar-refractivity contribution in [2.24, 2.45) is 11.0 Å². The third-order valence-electron chi connectivity index (χ3n) is 4.70. The van der Waals surface area contributed by atoms with Gasteiger partial charge < -0.3 is 0 Å². The van der Waals surface area contributed by atoms with Crippen molar-refractivity contribution in [3.05, 3.63) is 16.8 Å². The fourth-order valence-corrected chi connectivity index (χ4v) is 4.70. The Balaban J connectivity index is 1.69. The van der Waals surface area contributed by atoms with Crippen molar-refractivity contribution in [1.29, 1.82) is 0 Å². The lowest BCUT2D eigenvalue weighted by atomic mass is 9.89. The van der Waals surface area contributed by atoms with Crippen LogP contribution in [0.5, 0.6) is 0 Å². The van der Waals surface area contributed by atoms with E-state index < -0.39 is 0 Å². The average molecular weight is 300 g/mol. The molecule has 0 aliphatic heterocycles. The van der Waals surface area contributed by atoms with E-state index in [-0.39, 0.29) is 0 Å². The predicted molar refractivity (Wildman–Crippen MR) is 88.1 cm³/mol. The third-order valence-corrected chi connectivity index (χ3v) is 5.90. The monoisotopic (exact) mass is 300 g/mol. The molecule has 0 amide bonds. The Hall–Kier alpha value is -1.49. The van der Waals surface area contributed by atoms with Crippen LogP contribution in [0.25, 0.3) is 10.2 Å². The molecule has 2 aliphatic carbocycles. The average Bonchev–Trinajstić information content (AvgIpc) is 3.07. The molecule has 1 fully saturated rings. The summed E-state index contributed by atoms with van der Waals surface area (Å²) in [4.78, 5) is 11.5. The smallest absolute Gasteiger partial charge is 0.158 e. The van der Waals surface area contributed by atoms with Gasteiger partial charge in [0.05, 0.1) is 5.39 Å². The molecule has 2 heterocycles. The lowest BCUT2D eigenvalue weighted by Gasteiger charge is -2.20. The summed E-state index contributed by atoms with van der Waals surface area (Å²) < 4.78 is 0. The highest BCUT2D eigenvalue weighted by molar-refractivity contribution is 7.19. The standard InChI is InChI=1S/C16H20N4S/c1-10-5-2-3-7-12(10)19-20-15-14-11-6-4-8-13(11)21-16(14)18-9-17-15/h9-10H,2-8H2,1H3,(H,17,18,20)/t10-/m1/s1. The molecule has 0 saturated heterocycles. The molecule has 1 atom stereocenters. The van der Waals surface area contributed by atoms with Crippen LogP contribution in [0.15, 0.2) is 11.4 Å². The first-order chi connectivity index (χ1) is 10.3. The number of hydrazone groups is 1. The number of aryl methyl sites for hydroxylation is 2. The van der Waals surface area contributed by atoms with Crippen LogP contribution in [0, 0.1) is 5.92 Å². The summed E-state index contributed by atoms with van der Waals surface area (Å²) in [7, 11) is 0. The van der Waals surface area contributed by atoms with E-state index in [2.05, 4.69) is 27.4 Å². The molecule has 2 aliphatic rings. The number of rotatable bonds is 2. The van der Waals surface area contributed by atoms with Gasteiger partial charge in [-0.25, -0.2) is 9.97 Å². The van der Waals surface area contributed by atoms with Gasteiger partial charge in [-0.3, -0.25) is 5.43 Å². The van der Waals surface area contributed by atoms with Gasteiger partial charge in [0.25, 0.3) is 0 Å². The quantitative estimate of drug-likeness (QED) is 0.847. The number of fused-ring (bicyclic) bond motifs is 3. The fourth-order valence-electron chi connectivity index (χ4n) is 3.47. The number of nitrogens with one attached hydrogen (secondary N) is 1. The molecule has 0 spiro atoms. The Morgan fingerprint density at radius 3 is 3.05 bits per heavy atom. The molecular weight excluding hydrogens is 280 g/mol. The number of nitrogens with zero attached hydrogens (tertiary/aromatic N) is 3. The Kier molecular flexibility index (Phi) is 3.37. The summed E-state index contributed by atoms with van der Waals surface area (Å²) in [6.45, 7) is 2.28. The van der Waals surface area contributed by atoms with Gasteiger partial charge in [-0.2, -0.15) is 5.10 Å². The molecule has 4 rings (SSSR count). The van der Waals surface area contributed by atoms with Crippen LogP contribution in [0.3, 0.4) is 0 Å². The first-order valence-electron chi connectivity index (χ1n) is 7.90. The summed E-state index contributed by atoms with van der Waals surface area (Å²) in [5.41, 5.74) is 5.99. The second-order valence-corrected chi connectivity index (χ2v) is 7.21. The van der Waals surface area contributed by atoms with E-state index in [0.29, 0.717) is 5.92 Å². The normalized spacial score (nSPS) is 23.7. The van der Waals surface area contributed by atoms with Gasteiger partial charge >= 0.3 is 0 Å². The van der Waals surface area contributed by atoms with Gasteiger partial charge in [0.2, 0.25) is 0 Å². The summed E-state index contributed by atoms with van der Waals surface area (Å²) in [6.07, 6.45) is 10.2. The zero-order valence-electron chi connectivity index (χ0n) is 12.4. The van der Waals surface area contributed by atoms with Crippen LogP contribution in [-0.2, 0) is 12.8 Å². The van der Waals surface area contributed by atoms with E-state index in [1.54, 1.807) is 6.33 Å². The number of aromatic nitrogens is 2. The van der Waals surface area contributed by atoms with Crippen molar-refractivity contribution in [3.63, 3.8) is 0 Å². The maximum atomic E-state index is 4.67. The van der Waals surface area contributed by atoms with Crippen LogP contribution >= 0.6 is 11.3 Å². The number of thiophene rings is 1. The van der Waals surface area contributed by atoms with Crippen LogP contribution in [0.2, 0.25) is 0 Å². The minimum atomic E-state index is 0.594. The number of hydrogen-bond acceptors (Lipinski definition) is 5. The van der Waals surface area contributed by atoms with Gasteiger partial charge in [-0.15, -0.1) is 11.3 Å². The molecule has 0 aromatic carbocycles. The molecule has 0 unspecified atom stereocenters. The summed E-state index contributed by atoms with van der Waals surface area (Å²) in [5, 5.41) is 5.88. The van der Waals surface area contributed by atoms with E-state index in [4.69, 9.17) is 0 Å². The lowest BCUT2D eigenvalue weighted by Crippen LogP contribution is -2.17. The molecular formula is C16H20N4S. The highest BCUT2D eigenvalue weighted by Crippen LogP contribution is 2.39. The third kappa shape index (κ3) is 2.33. The molecule has 0 bridgehead atoms. The summed E-state index contributed by atoms with van der Waals surface area (Å²) in [5.74, 6) is 1.49. The Labute approximate surface area is 128 Å². The molecule has 110 valence electrons. The summed E-state index contributed by atoms with van der Waals surface area (Å²) in [6, 6.07) is 0. The molecule has 2 aromatic rings. The zero-order chi connectivity index (χ0) is 14.2. The SMILES string of the molecule is C[C@@H]1CCCCC1=NNc1ncnc2sc3c(c12)CCC3. The Morgan fingerprint density at radius 1 is 1.19 bits per heavy atom. The molecule has 0 radical (unpaired) electrons. The predicted octanol–water partition coefficient (Wildman–Crippen LogP) is 4.16. The van der Waals surface area contributed by atoms with Crippen molar-refractivity contribution in [1.82, 2.24) is 9.97 Å². The Bertz CT molecular complexity index is 704. The number of anilines is 1. The molecule has 1 saturated carbocycles. The molecule has 2 aromatic heterocycles. The lowest BCUT2D eigenvalue weighted by molar-refractivity contribution is 0.558. The van der Waals surface area contributed by atoms with Crippen LogP contribution in [-0.4, -0.2) is 15.7 Å². The maximum absolute atomic E-state index is 4.67. The van der Waals surface area contributed by atoms with E-state index >= 15 is 0 Å². The van der Waals surface area contributed by atoms with Crippen molar-refractivity contribution in [2.75, 3.05) is 5.43 Å². The van der Waals surface area contributed by atoms with Gasteiger partial charge in [0.15, 0.2) is 5.82 Å². The fraction of sp³-hybridized carbons (Fsp3) is 0.562. The Morgan fingerprint density at radius 2 is 2.14 bits per heavy atom. The molecule has 1 N–H and O–H groups in total. The zero-order valence-corrected chi connectivity index (χ0v) is 13.2. The van der Waals surface area contributed by atoms with Gasteiger partial charge in [-0.1, -0.05) is 13.3 Å².